The fourth-order valence-electron chi connectivity index (χ4n) is 7.53. The summed E-state index contributed by atoms with van der Waals surface area (Å²) in [4.78, 5) is 33.7. The van der Waals surface area contributed by atoms with Gasteiger partial charge in [0.2, 0.25) is 11.8 Å². The monoisotopic (exact) mass is 574 g/mol. The Morgan fingerprint density at radius 1 is 0.976 bits per heavy atom. The van der Waals surface area contributed by atoms with Gasteiger partial charge in [-0.3, -0.25) is 14.5 Å². The lowest BCUT2D eigenvalue weighted by molar-refractivity contribution is -0.135. The van der Waals surface area contributed by atoms with Crippen LogP contribution in [0.2, 0.25) is 0 Å². The van der Waals surface area contributed by atoms with Gasteiger partial charge < -0.3 is 20.2 Å². The van der Waals surface area contributed by atoms with Gasteiger partial charge in [0.1, 0.15) is 6.04 Å². The highest BCUT2D eigenvalue weighted by atomic mass is 16.3. The molecule has 2 heterocycles. The van der Waals surface area contributed by atoms with E-state index in [2.05, 4.69) is 27.2 Å². The van der Waals surface area contributed by atoms with Gasteiger partial charge in [0.25, 0.3) is 0 Å². The van der Waals surface area contributed by atoms with Crippen LogP contribution in [0, 0.1) is 11.8 Å². The van der Waals surface area contributed by atoms with E-state index >= 15 is 0 Å². The van der Waals surface area contributed by atoms with E-state index in [-0.39, 0.29) is 42.0 Å². The van der Waals surface area contributed by atoms with Gasteiger partial charge in [-0.1, -0.05) is 67.8 Å². The molecule has 2 N–H and O–H groups in total. The van der Waals surface area contributed by atoms with Gasteiger partial charge in [-0.2, -0.15) is 0 Å². The first-order chi connectivity index (χ1) is 20.1. The summed E-state index contributed by atoms with van der Waals surface area (Å²) in [6, 6.07) is 19.8. The lowest BCUT2D eigenvalue weighted by Crippen LogP contribution is -2.59. The smallest absolute Gasteiger partial charge is 0.245 e. The fourth-order valence-corrected chi connectivity index (χ4v) is 7.53. The third-order valence-corrected chi connectivity index (χ3v) is 9.61. The van der Waals surface area contributed by atoms with E-state index in [4.69, 9.17) is 0 Å². The molecule has 228 valence electrons. The topological polar surface area (TPSA) is 76.1 Å². The number of carbonyl (C=O) groups excluding carboxylic acids is 2. The molecule has 3 aliphatic rings. The number of likely N-dealkylation sites (tertiary alicyclic amines) is 2. The number of amides is 2. The molecule has 6 atom stereocenters. The third-order valence-electron chi connectivity index (χ3n) is 9.61. The van der Waals surface area contributed by atoms with Crippen molar-refractivity contribution >= 4 is 17.5 Å². The summed E-state index contributed by atoms with van der Waals surface area (Å²) >= 11 is 0. The summed E-state index contributed by atoms with van der Waals surface area (Å²) in [5.74, 6) is 1.28. The zero-order chi connectivity index (χ0) is 29.9. The molecule has 1 unspecified atom stereocenters. The van der Waals surface area contributed by atoms with E-state index in [0.717, 1.165) is 25.1 Å². The van der Waals surface area contributed by atoms with Crippen molar-refractivity contribution in [1.82, 2.24) is 15.1 Å². The van der Waals surface area contributed by atoms with Crippen molar-refractivity contribution in [3.05, 3.63) is 66.2 Å². The standard InChI is InChI=1S/C35H50N4O3/c1-35(2,3)36-33(41)31-20-26-15-11-12-16-27(26)22-38(31)23-30(40)24-39-29(19-25-13-7-5-8-14-25)21-32(34(39)42)37(4)28-17-9-6-10-18-28/h5-10,13-14,17-18,26-27,29-32,40H,11-12,15-16,19-24H2,1-4H3,(H,36,41)/t26-,27+,29-,30+,31-,32?/m0/s1. The molecule has 5 rings (SSSR count). The molecule has 2 aliphatic heterocycles. The van der Waals surface area contributed by atoms with E-state index in [9.17, 15) is 14.7 Å². The molecule has 0 aromatic heterocycles. The van der Waals surface area contributed by atoms with Crippen molar-refractivity contribution in [2.75, 3.05) is 31.6 Å². The van der Waals surface area contributed by atoms with Crippen LogP contribution in [-0.2, 0) is 16.0 Å². The molecule has 2 amide bonds. The Kier molecular flexibility index (Phi) is 9.58. The van der Waals surface area contributed by atoms with Gasteiger partial charge in [-0.25, -0.2) is 0 Å². The first-order valence-electron chi connectivity index (χ1n) is 16.0. The van der Waals surface area contributed by atoms with Crippen LogP contribution in [0.3, 0.4) is 0 Å². The van der Waals surface area contributed by atoms with E-state index < -0.39 is 6.10 Å². The number of para-hydroxylation sites is 1. The number of benzene rings is 2. The number of anilines is 1. The molecule has 7 nitrogen and oxygen atoms in total. The number of piperidine rings is 1. The minimum atomic E-state index is -0.738. The lowest BCUT2D eigenvalue weighted by atomic mass is 9.72. The van der Waals surface area contributed by atoms with Gasteiger partial charge in [-0.15, -0.1) is 0 Å². The number of likely N-dealkylation sites (N-methyl/N-ethyl adjacent to an activating group) is 1. The van der Waals surface area contributed by atoms with Crippen LogP contribution in [0.4, 0.5) is 5.69 Å². The first-order valence-corrected chi connectivity index (χ1v) is 16.0. The van der Waals surface area contributed by atoms with Crippen LogP contribution < -0.4 is 10.2 Å². The number of rotatable bonds is 9. The van der Waals surface area contributed by atoms with Crippen molar-refractivity contribution in [2.45, 2.75) is 95.5 Å². The molecule has 2 aromatic rings. The Morgan fingerprint density at radius 3 is 2.29 bits per heavy atom. The van der Waals surface area contributed by atoms with Crippen LogP contribution in [0.5, 0.6) is 0 Å². The van der Waals surface area contributed by atoms with Crippen LogP contribution in [0.25, 0.3) is 0 Å². The minimum absolute atomic E-state index is 0.00483. The molecule has 2 aromatic carbocycles. The fraction of sp³-hybridized carbons (Fsp3) is 0.600. The van der Waals surface area contributed by atoms with Crippen molar-refractivity contribution < 1.29 is 14.7 Å². The molecule has 42 heavy (non-hydrogen) atoms. The molecular formula is C35H50N4O3. The van der Waals surface area contributed by atoms with Crippen molar-refractivity contribution in [3.8, 4) is 0 Å². The van der Waals surface area contributed by atoms with Crippen molar-refractivity contribution in [1.29, 1.82) is 0 Å². The average Bonchev–Trinajstić information content (AvgIpc) is 3.26. The van der Waals surface area contributed by atoms with Crippen molar-refractivity contribution in [3.63, 3.8) is 0 Å². The lowest BCUT2D eigenvalue weighted by Gasteiger charge is -2.46. The predicted octanol–water partition coefficient (Wildman–Crippen LogP) is 4.49. The number of hydrogen-bond donors (Lipinski definition) is 2. The SMILES string of the molecule is CN(c1ccccc1)C1C[C@H](Cc2ccccc2)N(C[C@H](O)CN2C[C@H]3CCCC[C@H]3C[C@H]2C(=O)NC(C)(C)C)C1=O. The van der Waals surface area contributed by atoms with Gasteiger partial charge >= 0.3 is 0 Å². The van der Waals surface area contributed by atoms with Crippen LogP contribution in [0.15, 0.2) is 60.7 Å². The number of aliphatic hydroxyl groups is 1. The first kappa shape index (κ1) is 30.6. The Balaban J connectivity index is 1.32. The van der Waals surface area contributed by atoms with E-state index in [1.807, 2.05) is 81.2 Å². The summed E-state index contributed by atoms with van der Waals surface area (Å²) < 4.78 is 0. The van der Waals surface area contributed by atoms with Gasteiger partial charge in [0, 0.05) is 44.0 Å². The highest BCUT2D eigenvalue weighted by Crippen LogP contribution is 2.39. The van der Waals surface area contributed by atoms with E-state index in [0.29, 0.717) is 24.8 Å². The molecule has 2 saturated heterocycles. The van der Waals surface area contributed by atoms with Crippen LogP contribution >= 0.6 is 0 Å². The molecule has 3 fully saturated rings. The van der Waals surface area contributed by atoms with E-state index in [1.54, 1.807) is 0 Å². The van der Waals surface area contributed by atoms with Crippen molar-refractivity contribution in [2.24, 2.45) is 11.8 Å². The van der Waals surface area contributed by atoms with Gasteiger partial charge in [-0.05, 0) is 76.0 Å². The maximum atomic E-state index is 14.0. The molecular weight excluding hydrogens is 524 g/mol. The van der Waals surface area contributed by atoms with Gasteiger partial charge in [0.05, 0.1) is 12.1 Å². The number of aliphatic hydroxyl groups excluding tert-OH is 1. The maximum Gasteiger partial charge on any atom is 0.245 e. The highest BCUT2D eigenvalue weighted by molar-refractivity contribution is 5.88. The predicted molar refractivity (Wildman–Crippen MR) is 168 cm³/mol. The number of nitrogens with one attached hydrogen (secondary N) is 1. The zero-order valence-electron chi connectivity index (χ0n) is 25.9. The second kappa shape index (κ2) is 13.2. The summed E-state index contributed by atoms with van der Waals surface area (Å²) in [6.07, 6.45) is 6.45. The van der Waals surface area contributed by atoms with E-state index in [1.165, 1.54) is 31.2 Å². The molecule has 7 heteroatoms. The van der Waals surface area contributed by atoms with Crippen LogP contribution in [0.1, 0.15) is 64.9 Å². The normalized spacial score (nSPS) is 27.4. The number of nitrogens with zero attached hydrogens (tertiary/aromatic N) is 3. The third kappa shape index (κ3) is 7.35. The number of β-amino-alcohol motifs (C(OH)–C–C–N with tert-alkyl or cyclic N) is 1. The molecule has 0 radical (unpaired) electrons. The Morgan fingerprint density at radius 2 is 1.62 bits per heavy atom. The molecule has 0 spiro atoms. The highest BCUT2D eigenvalue weighted by Gasteiger charge is 2.44. The Hall–Kier alpha value is -2.90. The summed E-state index contributed by atoms with van der Waals surface area (Å²) in [6.45, 7) is 7.56. The average molecular weight is 575 g/mol. The number of hydrogen-bond acceptors (Lipinski definition) is 5. The second-order valence-corrected chi connectivity index (χ2v) is 13.9. The molecule has 0 bridgehead atoms. The number of fused-ring (bicyclic) bond motifs is 1. The quantitative estimate of drug-likeness (QED) is 0.462. The zero-order valence-corrected chi connectivity index (χ0v) is 25.9. The Bertz CT molecular complexity index is 1180. The van der Waals surface area contributed by atoms with Crippen LogP contribution in [-0.4, -0.2) is 83.2 Å². The number of carbonyl (C=O) groups is 2. The molecule has 1 saturated carbocycles. The maximum absolute atomic E-state index is 14.0. The minimum Gasteiger partial charge on any atom is -0.390 e. The van der Waals surface area contributed by atoms with Gasteiger partial charge in [0.15, 0.2) is 0 Å². The summed E-state index contributed by atoms with van der Waals surface area (Å²) in [5.41, 5.74) is 1.90. The Labute approximate surface area is 252 Å². The summed E-state index contributed by atoms with van der Waals surface area (Å²) in [5, 5.41) is 14.8. The second-order valence-electron chi connectivity index (χ2n) is 13.9. The summed E-state index contributed by atoms with van der Waals surface area (Å²) in [7, 11) is 1.99. The largest absolute Gasteiger partial charge is 0.390 e. The molecule has 1 aliphatic carbocycles.